The fraction of sp³-hybridized carbons (Fsp3) is 0.387. The van der Waals surface area contributed by atoms with Gasteiger partial charge in [0.1, 0.15) is 17.3 Å². The molecule has 1 fully saturated rings. The summed E-state index contributed by atoms with van der Waals surface area (Å²) < 4.78 is 13.3. The Balaban J connectivity index is 1.23. The number of carbonyl (C=O) groups excluding carboxylic acids is 1. The second kappa shape index (κ2) is 12.5. The standard InChI is InChI=1S/C31H38N6O3/c1-21(2)23-6-5-7-24(18-23)33-31-34-27-19-25(8-9-28(27)36(31)3)40-26-10-13-32-29(20-26)35-30(38)22-11-14-37(15-12-22)16-17-39-4/h5-10,13,18-22H,11-12,14-17H2,1-4H3,(H,33,34)(H,32,35,38). The van der Waals surface area contributed by atoms with E-state index in [0.717, 1.165) is 55.1 Å². The molecule has 0 radical (unpaired) electrons. The molecular weight excluding hydrogens is 504 g/mol. The van der Waals surface area contributed by atoms with Gasteiger partial charge in [-0.2, -0.15) is 0 Å². The van der Waals surface area contributed by atoms with E-state index in [0.29, 0.717) is 29.8 Å². The van der Waals surface area contributed by atoms with Crippen molar-refractivity contribution < 1.29 is 14.3 Å². The highest BCUT2D eigenvalue weighted by atomic mass is 16.5. The third-order valence-corrected chi connectivity index (χ3v) is 7.45. The molecule has 2 aromatic heterocycles. The zero-order valence-electron chi connectivity index (χ0n) is 23.7. The maximum Gasteiger partial charge on any atom is 0.228 e. The number of benzene rings is 2. The van der Waals surface area contributed by atoms with Gasteiger partial charge in [0.2, 0.25) is 11.9 Å². The molecule has 1 aliphatic heterocycles. The molecule has 0 aliphatic carbocycles. The Morgan fingerprint density at radius 2 is 1.88 bits per heavy atom. The number of likely N-dealkylation sites (tertiary alicyclic amines) is 1. The first-order valence-corrected chi connectivity index (χ1v) is 13.9. The fourth-order valence-corrected chi connectivity index (χ4v) is 5.01. The number of imidazole rings is 1. The molecule has 2 aromatic carbocycles. The predicted octanol–water partition coefficient (Wildman–Crippen LogP) is 5.92. The van der Waals surface area contributed by atoms with Gasteiger partial charge in [-0.05, 0) is 67.7 Å². The number of ether oxygens (including phenoxy) is 2. The molecule has 1 saturated heterocycles. The minimum Gasteiger partial charge on any atom is -0.457 e. The van der Waals surface area contributed by atoms with Gasteiger partial charge in [-0.3, -0.25) is 4.79 Å². The topological polar surface area (TPSA) is 93.5 Å². The third-order valence-electron chi connectivity index (χ3n) is 7.45. The Morgan fingerprint density at radius 3 is 2.65 bits per heavy atom. The summed E-state index contributed by atoms with van der Waals surface area (Å²) in [6.07, 6.45) is 3.30. The van der Waals surface area contributed by atoms with E-state index in [1.54, 1.807) is 25.4 Å². The predicted molar refractivity (Wildman–Crippen MR) is 159 cm³/mol. The van der Waals surface area contributed by atoms with E-state index in [-0.39, 0.29) is 11.8 Å². The number of pyridine rings is 1. The van der Waals surface area contributed by atoms with E-state index in [1.165, 1.54) is 5.56 Å². The molecular formula is C31H38N6O3. The van der Waals surface area contributed by atoms with Gasteiger partial charge >= 0.3 is 0 Å². The first-order chi connectivity index (χ1) is 19.4. The Labute approximate surface area is 235 Å². The van der Waals surface area contributed by atoms with Crippen molar-refractivity contribution in [1.29, 1.82) is 0 Å². The number of aryl methyl sites for hydroxylation is 1. The molecule has 1 aliphatic rings. The van der Waals surface area contributed by atoms with Crippen LogP contribution in [0.25, 0.3) is 11.0 Å². The lowest BCUT2D eigenvalue weighted by atomic mass is 9.96. The maximum atomic E-state index is 12.9. The highest BCUT2D eigenvalue weighted by Crippen LogP contribution is 2.29. The van der Waals surface area contributed by atoms with Crippen molar-refractivity contribution in [2.45, 2.75) is 32.6 Å². The summed E-state index contributed by atoms with van der Waals surface area (Å²) in [6.45, 7) is 7.78. The minimum absolute atomic E-state index is 0.00454. The first kappa shape index (κ1) is 27.6. The Kier molecular flexibility index (Phi) is 8.62. The number of hydrogen-bond donors (Lipinski definition) is 2. The number of rotatable bonds is 10. The van der Waals surface area contributed by atoms with Crippen molar-refractivity contribution in [3.05, 3.63) is 66.4 Å². The van der Waals surface area contributed by atoms with Gasteiger partial charge in [0.05, 0.1) is 17.6 Å². The number of nitrogens with one attached hydrogen (secondary N) is 2. The third kappa shape index (κ3) is 6.60. The summed E-state index contributed by atoms with van der Waals surface area (Å²) in [6, 6.07) is 17.8. The van der Waals surface area contributed by atoms with Gasteiger partial charge in [-0.25, -0.2) is 9.97 Å². The minimum atomic E-state index is -0.0209. The van der Waals surface area contributed by atoms with E-state index in [9.17, 15) is 4.79 Å². The molecule has 0 atom stereocenters. The average molecular weight is 543 g/mol. The SMILES string of the molecule is COCCN1CCC(C(=O)Nc2cc(Oc3ccc4c(c3)nc(Nc3cccc(C(C)C)c3)n4C)ccn2)CC1. The van der Waals surface area contributed by atoms with Crippen LogP contribution in [-0.4, -0.2) is 58.7 Å². The smallest absolute Gasteiger partial charge is 0.228 e. The van der Waals surface area contributed by atoms with Crippen LogP contribution in [0.2, 0.25) is 0 Å². The van der Waals surface area contributed by atoms with E-state index >= 15 is 0 Å². The monoisotopic (exact) mass is 542 g/mol. The lowest BCUT2D eigenvalue weighted by Crippen LogP contribution is -2.39. The van der Waals surface area contributed by atoms with Crippen LogP contribution in [0.4, 0.5) is 17.5 Å². The Morgan fingerprint density at radius 1 is 1.07 bits per heavy atom. The molecule has 210 valence electrons. The molecule has 3 heterocycles. The number of hydrogen-bond acceptors (Lipinski definition) is 7. The van der Waals surface area contributed by atoms with E-state index in [4.69, 9.17) is 14.5 Å². The summed E-state index contributed by atoms with van der Waals surface area (Å²) in [5.74, 6) is 2.93. The van der Waals surface area contributed by atoms with Gasteiger partial charge in [-0.1, -0.05) is 26.0 Å². The van der Waals surface area contributed by atoms with Crippen LogP contribution < -0.4 is 15.4 Å². The van der Waals surface area contributed by atoms with Crippen LogP contribution in [-0.2, 0) is 16.6 Å². The number of amides is 1. The van der Waals surface area contributed by atoms with Gasteiger partial charge in [0, 0.05) is 50.6 Å². The lowest BCUT2D eigenvalue weighted by Gasteiger charge is -2.30. The van der Waals surface area contributed by atoms with Crippen molar-refractivity contribution in [3.8, 4) is 11.5 Å². The molecule has 0 saturated carbocycles. The van der Waals surface area contributed by atoms with Crippen molar-refractivity contribution in [2.75, 3.05) is 44.0 Å². The highest BCUT2D eigenvalue weighted by Gasteiger charge is 2.25. The number of carbonyl (C=O) groups is 1. The van der Waals surface area contributed by atoms with Gasteiger partial charge in [0.25, 0.3) is 0 Å². The molecule has 5 rings (SSSR count). The van der Waals surface area contributed by atoms with Crippen molar-refractivity contribution >= 4 is 34.4 Å². The molecule has 2 N–H and O–H groups in total. The van der Waals surface area contributed by atoms with Crippen LogP contribution in [0.15, 0.2) is 60.8 Å². The van der Waals surface area contributed by atoms with Crippen LogP contribution >= 0.6 is 0 Å². The maximum absolute atomic E-state index is 12.9. The van der Waals surface area contributed by atoms with Gasteiger partial charge in [-0.15, -0.1) is 0 Å². The number of fused-ring (bicyclic) bond motifs is 1. The van der Waals surface area contributed by atoms with Gasteiger partial charge in [0.15, 0.2) is 0 Å². The van der Waals surface area contributed by atoms with Crippen LogP contribution in [0.3, 0.4) is 0 Å². The van der Waals surface area contributed by atoms with Crippen LogP contribution in [0.1, 0.15) is 38.2 Å². The van der Waals surface area contributed by atoms with Crippen molar-refractivity contribution in [2.24, 2.45) is 13.0 Å². The molecule has 9 heteroatoms. The normalized spacial score (nSPS) is 14.5. The zero-order valence-corrected chi connectivity index (χ0v) is 23.7. The Hall–Kier alpha value is -3.95. The second-order valence-corrected chi connectivity index (χ2v) is 10.6. The highest BCUT2D eigenvalue weighted by molar-refractivity contribution is 5.92. The molecule has 0 bridgehead atoms. The van der Waals surface area contributed by atoms with Crippen LogP contribution in [0.5, 0.6) is 11.5 Å². The summed E-state index contributed by atoms with van der Waals surface area (Å²) in [5, 5.41) is 6.42. The second-order valence-electron chi connectivity index (χ2n) is 10.6. The number of piperidine rings is 1. The molecule has 1 amide bonds. The molecule has 9 nitrogen and oxygen atoms in total. The molecule has 4 aromatic rings. The fourth-order valence-electron chi connectivity index (χ4n) is 5.01. The quantitative estimate of drug-likeness (QED) is 0.257. The van der Waals surface area contributed by atoms with Crippen LogP contribution in [0, 0.1) is 5.92 Å². The summed E-state index contributed by atoms with van der Waals surface area (Å²) in [7, 11) is 3.70. The van der Waals surface area contributed by atoms with E-state index in [1.807, 2.05) is 35.9 Å². The summed E-state index contributed by atoms with van der Waals surface area (Å²) in [4.78, 5) is 24.3. The molecule has 0 spiro atoms. The Bertz CT molecular complexity index is 1460. The molecule has 40 heavy (non-hydrogen) atoms. The molecule has 0 unspecified atom stereocenters. The average Bonchev–Trinajstić information content (AvgIpc) is 3.26. The number of nitrogens with zero attached hydrogens (tertiary/aromatic N) is 4. The van der Waals surface area contributed by atoms with E-state index < -0.39 is 0 Å². The summed E-state index contributed by atoms with van der Waals surface area (Å²) >= 11 is 0. The number of aromatic nitrogens is 3. The number of methoxy groups -OCH3 is 1. The lowest BCUT2D eigenvalue weighted by molar-refractivity contribution is -0.121. The van der Waals surface area contributed by atoms with Crippen molar-refractivity contribution in [3.63, 3.8) is 0 Å². The summed E-state index contributed by atoms with van der Waals surface area (Å²) in [5.41, 5.74) is 4.09. The van der Waals surface area contributed by atoms with Crippen molar-refractivity contribution in [1.82, 2.24) is 19.4 Å². The first-order valence-electron chi connectivity index (χ1n) is 13.9. The van der Waals surface area contributed by atoms with E-state index in [2.05, 4.69) is 52.6 Å². The largest absolute Gasteiger partial charge is 0.457 e. The zero-order chi connectivity index (χ0) is 28.1. The number of anilines is 3. The van der Waals surface area contributed by atoms with Gasteiger partial charge < -0.3 is 29.6 Å².